The standard InChI is InChI=1S/C22H22BrNO6/c1-12(25)30-22(13-10-17(26-2)20(28-4)18(11-13)27-3)21-14(8-9-29-22)19-15(23)6-5-7-16(19)24-21/h5-7,10-11,24H,8-9H2,1-4H3. The number of nitrogens with one attached hydrogen (secondary N) is 1. The van der Waals surface area contributed by atoms with Gasteiger partial charge in [0.2, 0.25) is 5.75 Å². The van der Waals surface area contributed by atoms with Gasteiger partial charge >= 0.3 is 5.97 Å². The minimum Gasteiger partial charge on any atom is -0.493 e. The number of carbonyl (C=O) groups excluding carboxylic acids is 1. The molecule has 30 heavy (non-hydrogen) atoms. The van der Waals surface area contributed by atoms with E-state index >= 15 is 0 Å². The highest BCUT2D eigenvalue weighted by Crippen LogP contribution is 2.48. The highest BCUT2D eigenvalue weighted by atomic mass is 79.9. The van der Waals surface area contributed by atoms with E-state index in [0.29, 0.717) is 41.5 Å². The van der Waals surface area contributed by atoms with Crippen LogP contribution in [0.4, 0.5) is 0 Å². The van der Waals surface area contributed by atoms with Crippen LogP contribution in [0.1, 0.15) is 23.7 Å². The Morgan fingerprint density at radius 3 is 2.43 bits per heavy atom. The molecule has 2 heterocycles. The Kier molecular flexibility index (Phi) is 5.38. The Hall–Kier alpha value is -2.71. The second kappa shape index (κ2) is 7.85. The van der Waals surface area contributed by atoms with Crippen LogP contribution in [0.2, 0.25) is 0 Å². The van der Waals surface area contributed by atoms with Gasteiger partial charge in [-0.05, 0) is 36.2 Å². The molecule has 1 unspecified atom stereocenters. The van der Waals surface area contributed by atoms with E-state index in [9.17, 15) is 4.79 Å². The molecule has 1 atom stereocenters. The molecule has 0 amide bonds. The van der Waals surface area contributed by atoms with Gasteiger partial charge in [0.1, 0.15) is 0 Å². The molecule has 0 spiro atoms. The Morgan fingerprint density at radius 1 is 1.13 bits per heavy atom. The number of aromatic amines is 1. The van der Waals surface area contributed by atoms with Crippen LogP contribution in [0.25, 0.3) is 10.9 Å². The lowest BCUT2D eigenvalue weighted by atomic mass is 9.93. The molecule has 0 radical (unpaired) electrons. The van der Waals surface area contributed by atoms with E-state index in [0.717, 1.165) is 20.9 Å². The summed E-state index contributed by atoms with van der Waals surface area (Å²) in [5, 5.41) is 1.04. The normalized spacial score (nSPS) is 18.0. The number of rotatable bonds is 5. The minimum atomic E-state index is -1.48. The fourth-order valence-electron chi connectivity index (χ4n) is 4.01. The van der Waals surface area contributed by atoms with Gasteiger partial charge in [-0.15, -0.1) is 0 Å². The molecule has 3 aromatic rings. The van der Waals surface area contributed by atoms with Crippen molar-refractivity contribution in [3.05, 3.63) is 51.6 Å². The zero-order chi connectivity index (χ0) is 21.5. The average Bonchev–Trinajstić information content (AvgIpc) is 3.13. The number of esters is 1. The van der Waals surface area contributed by atoms with E-state index in [1.54, 1.807) is 12.1 Å². The second-order valence-corrected chi connectivity index (χ2v) is 7.72. The Bertz CT molecular complexity index is 1100. The monoisotopic (exact) mass is 475 g/mol. The molecule has 0 saturated carbocycles. The van der Waals surface area contributed by atoms with Crippen LogP contribution in [-0.2, 0) is 26.5 Å². The molecule has 7 nitrogen and oxygen atoms in total. The van der Waals surface area contributed by atoms with Crippen molar-refractivity contribution in [3.63, 3.8) is 0 Å². The highest BCUT2D eigenvalue weighted by Gasteiger charge is 2.46. The molecular formula is C22H22BrNO6. The molecule has 4 rings (SSSR count). The van der Waals surface area contributed by atoms with Crippen LogP contribution in [0, 0.1) is 0 Å². The quantitative estimate of drug-likeness (QED) is 0.554. The zero-order valence-corrected chi connectivity index (χ0v) is 18.7. The summed E-state index contributed by atoms with van der Waals surface area (Å²) >= 11 is 3.64. The highest BCUT2D eigenvalue weighted by molar-refractivity contribution is 9.10. The van der Waals surface area contributed by atoms with E-state index in [2.05, 4.69) is 20.9 Å². The topological polar surface area (TPSA) is 79.0 Å². The summed E-state index contributed by atoms with van der Waals surface area (Å²) < 4.78 is 29.5. The maximum Gasteiger partial charge on any atom is 0.305 e. The molecule has 8 heteroatoms. The van der Waals surface area contributed by atoms with Crippen LogP contribution >= 0.6 is 15.9 Å². The molecule has 0 aliphatic carbocycles. The van der Waals surface area contributed by atoms with Crippen LogP contribution in [-0.4, -0.2) is 38.9 Å². The first-order valence-corrected chi connectivity index (χ1v) is 10.2. The lowest BCUT2D eigenvalue weighted by molar-refractivity contribution is -0.222. The lowest BCUT2D eigenvalue weighted by Crippen LogP contribution is -2.41. The van der Waals surface area contributed by atoms with Crippen LogP contribution < -0.4 is 14.2 Å². The molecular weight excluding hydrogens is 454 g/mol. The first-order chi connectivity index (χ1) is 14.4. The maximum atomic E-state index is 12.2. The minimum absolute atomic E-state index is 0.366. The number of methoxy groups -OCH3 is 3. The molecule has 0 fully saturated rings. The number of H-pyrrole nitrogens is 1. The van der Waals surface area contributed by atoms with Gasteiger partial charge in [0.15, 0.2) is 11.5 Å². The molecule has 0 bridgehead atoms. The third-order valence-electron chi connectivity index (χ3n) is 5.20. The number of carbonyl (C=O) groups is 1. The third-order valence-corrected chi connectivity index (χ3v) is 5.86. The average molecular weight is 476 g/mol. The van der Waals surface area contributed by atoms with Gasteiger partial charge in [-0.3, -0.25) is 4.79 Å². The number of hydrogen-bond acceptors (Lipinski definition) is 6. The number of ether oxygens (including phenoxy) is 5. The SMILES string of the molecule is COc1cc(C2(OC(C)=O)OCCc3c2[nH]c2cccc(Br)c32)cc(OC)c1OC. The first kappa shape index (κ1) is 20.6. The summed E-state index contributed by atoms with van der Waals surface area (Å²) in [6.07, 6.45) is 0.672. The lowest BCUT2D eigenvalue weighted by Gasteiger charge is -2.37. The van der Waals surface area contributed by atoms with Crippen molar-refractivity contribution in [1.82, 2.24) is 4.98 Å². The predicted molar refractivity (Wildman–Crippen MR) is 114 cm³/mol. The largest absolute Gasteiger partial charge is 0.493 e. The number of benzene rings is 2. The van der Waals surface area contributed by atoms with Crippen molar-refractivity contribution in [2.45, 2.75) is 19.1 Å². The van der Waals surface area contributed by atoms with Crippen LogP contribution in [0.15, 0.2) is 34.8 Å². The van der Waals surface area contributed by atoms with Crippen molar-refractivity contribution in [2.24, 2.45) is 0 Å². The van der Waals surface area contributed by atoms with Gasteiger partial charge in [-0.2, -0.15) is 0 Å². The fraction of sp³-hybridized carbons (Fsp3) is 0.318. The van der Waals surface area contributed by atoms with E-state index in [-0.39, 0.29) is 0 Å². The fourth-order valence-corrected chi connectivity index (χ4v) is 4.62. The Balaban J connectivity index is 2.04. The summed E-state index contributed by atoms with van der Waals surface area (Å²) in [5.74, 6) is -0.644. The molecule has 1 aliphatic heterocycles. The molecule has 0 saturated heterocycles. The summed E-state index contributed by atoms with van der Waals surface area (Å²) in [5.41, 5.74) is 3.17. The molecule has 1 aromatic heterocycles. The molecule has 2 aromatic carbocycles. The van der Waals surface area contributed by atoms with Crippen LogP contribution in [0.3, 0.4) is 0 Å². The Labute approximate surface area is 182 Å². The molecule has 1 aliphatic rings. The Morgan fingerprint density at radius 2 is 1.83 bits per heavy atom. The van der Waals surface area contributed by atoms with Gasteiger partial charge < -0.3 is 28.7 Å². The van der Waals surface area contributed by atoms with Gasteiger partial charge in [0.25, 0.3) is 5.79 Å². The van der Waals surface area contributed by atoms with Gasteiger partial charge in [0, 0.05) is 27.9 Å². The summed E-state index contributed by atoms with van der Waals surface area (Å²) in [6, 6.07) is 9.38. The number of halogens is 1. The maximum absolute atomic E-state index is 12.2. The smallest absolute Gasteiger partial charge is 0.305 e. The molecule has 1 N–H and O–H groups in total. The van der Waals surface area contributed by atoms with E-state index in [1.165, 1.54) is 28.3 Å². The number of hydrogen-bond donors (Lipinski definition) is 1. The van der Waals surface area contributed by atoms with Crippen molar-refractivity contribution in [1.29, 1.82) is 0 Å². The van der Waals surface area contributed by atoms with E-state index < -0.39 is 11.8 Å². The van der Waals surface area contributed by atoms with E-state index in [4.69, 9.17) is 23.7 Å². The number of aromatic nitrogens is 1. The van der Waals surface area contributed by atoms with E-state index in [1.807, 2.05) is 18.2 Å². The zero-order valence-electron chi connectivity index (χ0n) is 17.1. The van der Waals surface area contributed by atoms with Gasteiger partial charge in [-0.1, -0.05) is 22.0 Å². The number of fused-ring (bicyclic) bond motifs is 3. The van der Waals surface area contributed by atoms with Crippen molar-refractivity contribution >= 4 is 32.8 Å². The summed E-state index contributed by atoms with van der Waals surface area (Å²) in [7, 11) is 4.60. The van der Waals surface area contributed by atoms with Crippen molar-refractivity contribution < 1.29 is 28.5 Å². The first-order valence-electron chi connectivity index (χ1n) is 9.38. The van der Waals surface area contributed by atoms with Gasteiger partial charge in [-0.25, -0.2) is 0 Å². The summed E-state index contributed by atoms with van der Waals surface area (Å²) in [6.45, 7) is 1.72. The van der Waals surface area contributed by atoms with Crippen LogP contribution in [0.5, 0.6) is 17.2 Å². The van der Waals surface area contributed by atoms with Crippen molar-refractivity contribution in [2.75, 3.05) is 27.9 Å². The second-order valence-electron chi connectivity index (χ2n) is 6.86. The summed E-state index contributed by atoms with van der Waals surface area (Å²) in [4.78, 5) is 15.6. The third kappa shape index (κ3) is 3.11. The van der Waals surface area contributed by atoms with Crippen molar-refractivity contribution in [3.8, 4) is 17.2 Å². The molecule has 158 valence electrons. The predicted octanol–water partition coefficient (Wildman–Crippen LogP) is 4.29. The van der Waals surface area contributed by atoms with Gasteiger partial charge in [0.05, 0.1) is 33.6 Å².